The molecule has 5 fully saturated rings. The van der Waals surface area contributed by atoms with Crippen LogP contribution in [0.25, 0.3) is 10.8 Å². The minimum absolute atomic E-state index is 0.00258. The summed E-state index contributed by atoms with van der Waals surface area (Å²) in [6.07, 6.45) is 6.43. The van der Waals surface area contributed by atoms with Crippen LogP contribution in [0.3, 0.4) is 0 Å². The molecule has 0 amide bonds. The van der Waals surface area contributed by atoms with Gasteiger partial charge in [0.25, 0.3) is 6.43 Å². The summed E-state index contributed by atoms with van der Waals surface area (Å²) >= 11 is 6.77. The van der Waals surface area contributed by atoms with Gasteiger partial charge in [-0.05, 0) is 87.9 Å². The predicted octanol–water partition coefficient (Wildman–Crippen LogP) is 6.90. The van der Waals surface area contributed by atoms with Gasteiger partial charge in [0.05, 0.1) is 31.3 Å². The lowest BCUT2D eigenvalue weighted by Gasteiger charge is -2.45. The van der Waals surface area contributed by atoms with E-state index in [9.17, 15) is 8.78 Å². The van der Waals surface area contributed by atoms with Crippen LogP contribution in [0.4, 0.5) is 8.78 Å². The SMILES string of the molecule is CN1CCC[C@@]2(COC3=NC4CC(c5cccc6cccc(Cl)c56)CC5OCC(C(F)F)N(C6CC6)C(=N3)C45)CCC[C@@H]12. The molecule has 3 aliphatic heterocycles. The van der Waals surface area contributed by atoms with Crippen LogP contribution in [0.1, 0.15) is 69.3 Å². The first-order valence-corrected chi connectivity index (χ1v) is 16.6. The summed E-state index contributed by atoms with van der Waals surface area (Å²) < 4.78 is 42.2. The molecule has 0 N–H and O–H groups in total. The summed E-state index contributed by atoms with van der Waals surface area (Å²) in [5, 5.41) is 2.90. The van der Waals surface area contributed by atoms with Gasteiger partial charge >= 0.3 is 6.02 Å². The lowest BCUT2D eigenvalue weighted by molar-refractivity contribution is -0.0377. The molecular weight excluding hydrogens is 570 g/mol. The number of rotatable bonds is 5. The van der Waals surface area contributed by atoms with Crippen LogP contribution in [0.15, 0.2) is 46.4 Å². The van der Waals surface area contributed by atoms with Crippen LogP contribution in [-0.4, -0.2) is 85.2 Å². The van der Waals surface area contributed by atoms with Crippen molar-refractivity contribution >= 4 is 34.2 Å². The van der Waals surface area contributed by atoms with Crippen molar-refractivity contribution in [1.29, 1.82) is 0 Å². The summed E-state index contributed by atoms with van der Waals surface area (Å²) in [5.41, 5.74) is 1.29. The van der Waals surface area contributed by atoms with Crippen LogP contribution >= 0.6 is 11.6 Å². The van der Waals surface area contributed by atoms with Gasteiger partial charge in [0, 0.05) is 27.9 Å². The molecule has 2 aromatic carbocycles. The minimum Gasteiger partial charge on any atom is -0.463 e. The number of halogens is 3. The number of hydrogen-bond donors (Lipinski definition) is 0. The molecule has 8 rings (SSSR count). The van der Waals surface area contributed by atoms with Crippen LogP contribution in [0.5, 0.6) is 0 Å². The van der Waals surface area contributed by atoms with Crippen molar-refractivity contribution in [3.63, 3.8) is 0 Å². The van der Waals surface area contributed by atoms with Crippen molar-refractivity contribution in [2.75, 3.05) is 26.8 Å². The Morgan fingerprint density at radius 2 is 1.91 bits per heavy atom. The number of likely N-dealkylation sites (tertiary alicyclic amines) is 1. The van der Waals surface area contributed by atoms with Crippen molar-refractivity contribution in [3.8, 4) is 0 Å². The average molecular weight is 611 g/mol. The highest BCUT2D eigenvalue weighted by Crippen LogP contribution is 2.49. The third kappa shape index (κ3) is 4.87. The highest BCUT2D eigenvalue weighted by atomic mass is 35.5. The Hall–Kier alpha value is -2.29. The van der Waals surface area contributed by atoms with E-state index in [1.54, 1.807) is 0 Å². The average Bonchev–Trinajstić information content (AvgIpc) is 3.77. The topological polar surface area (TPSA) is 49.7 Å². The smallest absolute Gasteiger partial charge is 0.313 e. The molecule has 6 aliphatic rings. The zero-order valence-electron chi connectivity index (χ0n) is 24.8. The molecule has 6 nitrogen and oxygen atoms in total. The van der Waals surface area contributed by atoms with Crippen molar-refractivity contribution in [2.24, 2.45) is 21.3 Å². The highest BCUT2D eigenvalue weighted by molar-refractivity contribution is 6.35. The van der Waals surface area contributed by atoms with E-state index < -0.39 is 12.5 Å². The van der Waals surface area contributed by atoms with E-state index in [4.69, 9.17) is 31.1 Å². The number of nitrogens with zero attached hydrogens (tertiary/aromatic N) is 4. The fourth-order valence-corrected chi connectivity index (χ4v) is 9.57. The summed E-state index contributed by atoms with van der Waals surface area (Å²) in [7, 11) is 2.23. The molecule has 0 aromatic heterocycles. The molecular formula is C34H41ClF2N4O2. The number of fused-ring (bicyclic) bond motifs is 2. The zero-order valence-corrected chi connectivity index (χ0v) is 25.6. The highest BCUT2D eigenvalue weighted by Gasteiger charge is 2.53. The maximum absolute atomic E-state index is 14.6. The van der Waals surface area contributed by atoms with E-state index in [0.717, 1.165) is 66.7 Å². The first kappa shape index (κ1) is 28.2. The van der Waals surface area contributed by atoms with E-state index in [1.165, 1.54) is 24.8 Å². The Morgan fingerprint density at radius 3 is 2.72 bits per heavy atom. The normalized spacial score (nSPS) is 36.2. The molecule has 3 heterocycles. The lowest BCUT2D eigenvalue weighted by atomic mass is 9.72. The van der Waals surface area contributed by atoms with Gasteiger partial charge in [-0.2, -0.15) is 4.99 Å². The fourth-order valence-electron chi connectivity index (χ4n) is 9.27. The van der Waals surface area contributed by atoms with Crippen LogP contribution in [0.2, 0.25) is 5.02 Å². The van der Waals surface area contributed by atoms with Crippen LogP contribution < -0.4 is 0 Å². The second-order valence-corrected chi connectivity index (χ2v) is 14.3. The Balaban J connectivity index is 1.16. The van der Waals surface area contributed by atoms with E-state index in [2.05, 4.69) is 36.2 Å². The number of piperidine rings is 1. The Morgan fingerprint density at radius 1 is 1.09 bits per heavy atom. The molecule has 0 spiro atoms. The Bertz CT molecular complexity index is 1440. The number of aliphatic imine (C=N–C) groups is 2. The summed E-state index contributed by atoms with van der Waals surface area (Å²) in [6.45, 7) is 1.71. The van der Waals surface area contributed by atoms with Gasteiger partial charge in [0.15, 0.2) is 0 Å². The lowest BCUT2D eigenvalue weighted by Crippen LogP contribution is -2.54. The molecule has 9 heteroatoms. The quantitative estimate of drug-likeness (QED) is 0.370. The zero-order chi connectivity index (χ0) is 29.3. The van der Waals surface area contributed by atoms with Gasteiger partial charge in [-0.3, -0.25) is 0 Å². The Kier molecular flexibility index (Phi) is 7.18. The second kappa shape index (κ2) is 11.0. The van der Waals surface area contributed by atoms with Gasteiger partial charge in [0.2, 0.25) is 0 Å². The van der Waals surface area contributed by atoms with Crippen LogP contribution in [-0.2, 0) is 9.47 Å². The standard InChI is InChI=1S/C34H41ClF2N4O2/c1-40-15-5-14-34(13-4-10-28(34)40)19-43-33-38-25-16-21(23-8-2-6-20-7-3-9-24(35)29(20)23)17-27-30(25)32(39-33)41(22-11-12-22)26(18-42-27)31(36)37/h2-3,6-9,21-22,25-28,30-31H,4-5,10-19H2,1H3/t21?,25?,26?,27?,28-,30?,34-/m1/s1. The van der Waals surface area contributed by atoms with E-state index in [0.29, 0.717) is 18.7 Å². The maximum Gasteiger partial charge on any atom is 0.313 e. The fraction of sp³-hybridized carbons (Fsp3) is 0.647. The van der Waals surface area contributed by atoms with Crippen molar-refractivity contribution in [3.05, 3.63) is 47.0 Å². The predicted molar refractivity (Wildman–Crippen MR) is 165 cm³/mol. The molecule has 43 heavy (non-hydrogen) atoms. The number of benzene rings is 2. The van der Waals surface area contributed by atoms with Crippen molar-refractivity contribution in [2.45, 2.75) is 100 Å². The van der Waals surface area contributed by atoms with Gasteiger partial charge < -0.3 is 19.3 Å². The number of hydrogen-bond acceptors (Lipinski definition) is 6. The first-order valence-electron chi connectivity index (χ1n) is 16.3. The van der Waals surface area contributed by atoms with Gasteiger partial charge in [-0.1, -0.05) is 48.4 Å². The molecule has 7 atom stereocenters. The summed E-state index contributed by atoms with van der Waals surface area (Å²) in [4.78, 5) is 14.6. The number of amidine groups is 2. The van der Waals surface area contributed by atoms with Gasteiger partial charge in [-0.15, -0.1) is 0 Å². The minimum atomic E-state index is -2.52. The molecule has 3 saturated carbocycles. The molecule has 230 valence electrons. The number of alkyl halides is 2. The summed E-state index contributed by atoms with van der Waals surface area (Å²) in [5.74, 6) is 0.694. The van der Waals surface area contributed by atoms with Gasteiger partial charge in [0.1, 0.15) is 11.9 Å². The third-order valence-electron chi connectivity index (χ3n) is 11.4. The first-order chi connectivity index (χ1) is 20.9. The van der Waals surface area contributed by atoms with E-state index in [1.807, 2.05) is 17.0 Å². The summed E-state index contributed by atoms with van der Waals surface area (Å²) in [6, 6.07) is 12.2. The molecule has 2 aromatic rings. The largest absolute Gasteiger partial charge is 0.463 e. The second-order valence-electron chi connectivity index (χ2n) is 13.9. The monoisotopic (exact) mass is 610 g/mol. The third-order valence-corrected chi connectivity index (χ3v) is 11.7. The van der Waals surface area contributed by atoms with E-state index >= 15 is 0 Å². The van der Waals surface area contributed by atoms with Gasteiger partial charge in [-0.25, -0.2) is 13.8 Å². The van der Waals surface area contributed by atoms with Crippen LogP contribution in [0, 0.1) is 11.3 Å². The Labute approximate surface area is 257 Å². The molecule has 0 radical (unpaired) electrons. The molecule has 5 unspecified atom stereocenters. The van der Waals surface area contributed by atoms with E-state index in [-0.39, 0.29) is 42.0 Å². The maximum atomic E-state index is 14.6. The van der Waals surface area contributed by atoms with Crippen molar-refractivity contribution < 1.29 is 18.3 Å². The molecule has 3 aliphatic carbocycles. The van der Waals surface area contributed by atoms with Crippen molar-refractivity contribution in [1.82, 2.24) is 9.80 Å². The number of ether oxygens (including phenoxy) is 2. The molecule has 0 bridgehead atoms. The molecule has 2 saturated heterocycles.